The Morgan fingerprint density at radius 3 is 2.63 bits per heavy atom. The highest BCUT2D eigenvalue weighted by Gasteiger charge is 2.08. The van der Waals surface area contributed by atoms with E-state index in [4.69, 9.17) is 0 Å². The van der Waals surface area contributed by atoms with Gasteiger partial charge in [-0.2, -0.15) is 0 Å². The number of anilines is 1. The van der Waals surface area contributed by atoms with Gasteiger partial charge in [0.05, 0.1) is 5.69 Å². The maximum atomic E-state index is 4.56. The molecule has 0 unspecified atom stereocenters. The van der Waals surface area contributed by atoms with Crippen molar-refractivity contribution in [3.8, 4) is 11.3 Å². The van der Waals surface area contributed by atoms with Gasteiger partial charge in [-0.15, -0.1) is 0 Å². The van der Waals surface area contributed by atoms with Gasteiger partial charge in [0.1, 0.15) is 11.6 Å². The average Bonchev–Trinajstić information content (AvgIpc) is 2.39. The molecule has 0 spiro atoms. The van der Waals surface area contributed by atoms with E-state index < -0.39 is 0 Å². The van der Waals surface area contributed by atoms with Gasteiger partial charge in [0.15, 0.2) is 0 Å². The molecule has 2 aromatic rings. The summed E-state index contributed by atoms with van der Waals surface area (Å²) >= 11 is 0. The minimum atomic E-state index is 0.803. The highest BCUT2D eigenvalue weighted by molar-refractivity contribution is 5.67. The fraction of sp³-hybridized carbons (Fsp3) is 0.375. The normalized spacial score (nSPS) is 10.5. The standard InChI is InChI=1S/C16H21N3/c1-5-9-17-16-10-15(18-13(4)19-16)14-8-6-7-11(2)12(14)3/h6-8,10H,5,9H2,1-4H3,(H,17,18,19). The van der Waals surface area contributed by atoms with Crippen LogP contribution in [0.15, 0.2) is 24.3 Å². The highest BCUT2D eigenvalue weighted by atomic mass is 15.0. The van der Waals surface area contributed by atoms with Crippen LogP contribution in [0.25, 0.3) is 11.3 Å². The third-order valence-electron chi connectivity index (χ3n) is 3.27. The molecule has 0 aliphatic heterocycles. The molecule has 0 saturated heterocycles. The van der Waals surface area contributed by atoms with Gasteiger partial charge in [-0.05, 0) is 38.3 Å². The van der Waals surface area contributed by atoms with Crippen LogP contribution < -0.4 is 5.32 Å². The summed E-state index contributed by atoms with van der Waals surface area (Å²) in [5.41, 5.74) is 4.75. The Kier molecular flexibility index (Phi) is 4.15. The predicted molar refractivity (Wildman–Crippen MR) is 80.5 cm³/mol. The molecule has 3 nitrogen and oxygen atoms in total. The van der Waals surface area contributed by atoms with E-state index in [1.807, 2.05) is 13.0 Å². The van der Waals surface area contributed by atoms with E-state index in [1.165, 1.54) is 16.7 Å². The maximum absolute atomic E-state index is 4.56. The molecule has 0 atom stereocenters. The van der Waals surface area contributed by atoms with Crippen LogP contribution in [0.4, 0.5) is 5.82 Å². The van der Waals surface area contributed by atoms with Crippen LogP contribution in [0.5, 0.6) is 0 Å². The lowest BCUT2D eigenvalue weighted by molar-refractivity contribution is 0.955. The first-order chi connectivity index (χ1) is 9.11. The summed E-state index contributed by atoms with van der Waals surface area (Å²) in [6, 6.07) is 8.36. The lowest BCUT2D eigenvalue weighted by Crippen LogP contribution is -2.04. The fourth-order valence-corrected chi connectivity index (χ4v) is 2.08. The van der Waals surface area contributed by atoms with E-state index in [1.54, 1.807) is 0 Å². The molecule has 0 radical (unpaired) electrons. The minimum absolute atomic E-state index is 0.803. The van der Waals surface area contributed by atoms with Gasteiger partial charge >= 0.3 is 0 Å². The second-order valence-electron chi connectivity index (χ2n) is 4.86. The topological polar surface area (TPSA) is 37.8 Å². The van der Waals surface area contributed by atoms with E-state index in [0.717, 1.165) is 30.3 Å². The molecular formula is C16H21N3. The number of nitrogens with one attached hydrogen (secondary N) is 1. The maximum Gasteiger partial charge on any atom is 0.130 e. The van der Waals surface area contributed by atoms with Crippen LogP contribution in [0.2, 0.25) is 0 Å². The molecule has 3 heteroatoms. The van der Waals surface area contributed by atoms with Gasteiger partial charge < -0.3 is 5.32 Å². The number of benzene rings is 1. The molecule has 0 aliphatic rings. The Labute approximate surface area is 115 Å². The van der Waals surface area contributed by atoms with Crippen LogP contribution in [0, 0.1) is 20.8 Å². The summed E-state index contributed by atoms with van der Waals surface area (Å²) in [5.74, 6) is 1.71. The first kappa shape index (κ1) is 13.5. The smallest absolute Gasteiger partial charge is 0.130 e. The summed E-state index contributed by atoms with van der Waals surface area (Å²) in [5, 5.41) is 3.33. The van der Waals surface area contributed by atoms with Gasteiger partial charge in [-0.25, -0.2) is 9.97 Å². The molecule has 19 heavy (non-hydrogen) atoms. The van der Waals surface area contributed by atoms with Crippen LogP contribution in [-0.4, -0.2) is 16.5 Å². The Morgan fingerprint density at radius 1 is 1.11 bits per heavy atom. The van der Waals surface area contributed by atoms with Gasteiger partial charge in [0, 0.05) is 18.2 Å². The van der Waals surface area contributed by atoms with Crippen LogP contribution in [-0.2, 0) is 0 Å². The molecule has 1 aromatic carbocycles. The van der Waals surface area contributed by atoms with Gasteiger partial charge in [0.2, 0.25) is 0 Å². The number of hydrogen-bond donors (Lipinski definition) is 1. The molecule has 1 aromatic heterocycles. The molecule has 1 N–H and O–H groups in total. The molecule has 1 heterocycles. The Balaban J connectivity index is 2.44. The Morgan fingerprint density at radius 2 is 1.89 bits per heavy atom. The van der Waals surface area contributed by atoms with Crippen molar-refractivity contribution in [1.29, 1.82) is 0 Å². The summed E-state index contributed by atoms with van der Waals surface area (Å²) < 4.78 is 0. The second-order valence-corrected chi connectivity index (χ2v) is 4.86. The van der Waals surface area contributed by atoms with Gasteiger partial charge in [0.25, 0.3) is 0 Å². The molecule has 0 bridgehead atoms. The number of aryl methyl sites for hydroxylation is 2. The SMILES string of the molecule is CCCNc1cc(-c2cccc(C)c2C)nc(C)n1. The Bertz CT molecular complexity index is 576. The van der Waals surface area contributed by atoms with Crippen LogP contribution in [0.3, 0.4) is 0 Å². The first-order valence-corrected chi connectivity index (χ1v) is 6.78. The van der Waals surface area contributed by atoms with Crippen molar-refractivity contribution < 1.29 is 0 Å². The predicted octanol–water partition coefficient (Wildman–Crippen LogP) is 3.89. The van der Waals surface area contributed by atoms with E-state index in [0.29, 0.717) is 0 Å². The molecule has 0 fully saturated rings. The number of rotatable bonds is 4. The minimum Gasteiger partial charge on any atom is -0.370 e. The number of nitrogens with zero attached hydrogens (tertiary/aromatic N) is 2. The highest BCUT2D eigenvalue weighted by Crippen LogP contribution is 2.25. The average molecular weight is 255 g/mol. The van der Waals surface area contributed by atoms with E-state index in [-0.39, 0.29) is 0 Å². The monoisotopic (exact) mass is 255 g/mol. The van der Waals surface area contributed by atoms with E-state index in [2.05, 4.69) is 54.3 Å². The fourth-order valence-electron chi connectivity index (χ4n) is 2.08. The third kappa shape index (κ3) is 3.11. The molecular weight excluding hydrogens is 234 g/mol. The summed E-state index contributed by atoms with van der Waals surface area (Å²) in [6.07, 6.45) is 1.09. The van der Waals surface area contributed by atoms with Crippen molar-refractivity contribution in [2.75, 3.05) is 11.9 Å². The zero-order valence-corrected chi connectivity index (χ0v) is 12.1. The van der Waals surface area contributed by atoms with E-state index >= 15 is 0 Å². The first-order valence-electron chi connectivity index (χ1n) is 6.78. The van der Waals surface area contributed by atoms with Crippen molar-refractivity contribution in [3.63, 3.8) is 0 Å². The summed E-state index contributed by atoms with van der Waals surface area (Å²) in [7, 11) is 0. The van der Waals surface area contributed by atoms with Crippen molar-refractivity contribution in [2.45, 2.75) is 34.1 Å². The van der Waals surface area contributed by atoms with Crippen molar-refractivity contribution >= 4 is 5.82 Å². The van der Waals surface area contributed by atoms with Crippen molar-refractivity contribution in [3.05, 3.63) is 41.2 Å². The van der Waals surface area contributed by atoms with Crippen LogP contribution >= 0.6 is 0 Å². The summed E-state index contributed by atoms with van der Waals surface area (Å²) in [4.78, 5) is 8.99. The molecule has 0 saturated carbocycles. The van der Waals surface area contributed by atoms with Gasteiger partial charge in [-0.3, -0.25) is 0 Å². The summed E-state index contributed by atoms with van der Waals surface area (Å²) in [6.45, 7) is 9.28. The van der Waals surface area contributed by atoms with Gasteiger partial charge in [-0.1, -0.05) is 25.1 Å². The lowest BCUT2D eigenvalue weighted by Gasteiger charge is -2.11. The zero-order chi connectivity index (χ0) is 13.8. The van der Waals surface area contributed by atoms with Crippen molar-refractivity contribution in [2.24, 2.45) is 0 Å². The quantitative estimate of drug-likeness (QED) is 0.900. The molecule has 100 valence electrons. The van der Waals surface area contributed by atoms with Crippen LogP contribution in [0.1, 0.15) is 30.3 Å². The largest absolute Gasteiger partial charge is 0.370 e. The molecule has 2 rings (SSSR count). The Hall–Kier alpha value is -1.90. The lowest BCUT2D eigenvalue weighted by atomic mass is 10.0. The number of hydrogen-bond acceptors (Lipinski definition) is 3. The molecule has 0 amide bonds. The number of aromatic nitrogens is 2. The molecule has 0 aliphatic carbocycles. The van der Waals surface area contributed by atoms with Crippen molar-refractivity contribution in [1.82, 2.24) is 9.97 Å². The third-order valence-corrected chi connectivity index (χ3v) is 3.27. The zero-order valence-electron chi connectivity index (χ0n) is 12.1. The second kappa shape index (κ2) is 5.83. The van der Waals surface area contributed by atoms with E-state index in [9.17, 15) is 0 Å².